The molecule has 130 valence electrons. The van der Waals surface area contributed by atoms with Crippen molar-refractivity contribution in [3.05, 3.63) is 29.6 Å². The van der Waals surface area contributed by atoms with Crippen molar-refractivity contribution in [2.75, 3.05) is 31.7 Å². The molecule has 11 heteroatoms. The number of halogens is 4. The zero-order valence-electron chi connectivity index (χ0n) is 12.2. The number of anilines is 1. The highest BCUT2D eigenvalue weighted by atomic mass is 32.2. The lowest BCUT2D eigenvalue weighted by Gasteiger charge is -2.13. The molecule has 0 heterocycles. The predicted molar refractivity (Wildman–Crippen MR) is 75.9 cm³/mol. The Kier molecular flexibility index (Phi) is 5.94. The quantitative estimate of drug-likeness (QED) is 0.790. The monoisotopic (exact) mass is 357 g/mol. The van der Waals surface area contributed by atoms with E-state index in [4.69, 9.17) is 0 Å². The van der Waals surface area contributed by atoms with Crippen LogP contribution in [-0.4, -0.2) is 45.1 Å². The number of hydrogen-bond donors (Lipinski definition) is 2. The van der Waals surface area contributed by atoms with Crippen LogP contribution in [0.1, 0.15) is 5.56 Å². The third kappa shape index (κ3) is 5.67. The molecule has 2 amide bonds. The average Bonchev–Trinajstić information content (AvgIpc) is 2.36. The second-order valence-electron chi connectivity index (χ2n) is 4.67. The van der Waals surface area contributed by atoms with E-state index in [0.29, 0.717) is 12.1 Å². The molecule has 0 atom stereocenters. The van der Waals surface area contributed by atoms with Gasteiger partial charge in [-0.25, -0.2) is 21.9 Å². The molecule has 2 N–H and O–H groups in total. The maximum atomic E-state index is 13.3. The summed E-state index contributed by atoms with van der Waals surface area (Å²) in [6.45, 7) is -0.213. The van der Waals surface area contributed by atoms with Crippen LogP contribution in [0.4, 0.5) is 28.0 Å². The van der Waals surface area contributed by atoms with E-state index in [1.807, 2.05) is 0 Å². The number of amides is 2. The van der Waals surface area contributed by atoms with Gasteiger partial charge in [-0.3, -0.25) is 0 Å². The van der Waals surface area contributed by atoms with E-state index < -0.39 is 33.6 Å². The van der Waals surface area contributed by atoms with Gasteiger partial charge < -0.3 is 10.6 Å². The molecule has 0 aromatic heterocycles. The Labute approximate surface area is 130 Å². The Hall–Kier alpha value is -1.88. The number of carbonyl (C=O) groups excluding carboxylic acids is 1. The van der Waals surface area contributed by atoms with Gasteiger partial charge in [-0.1, -0.05) is 0 Å². The molecule has 1 aromatic rings. The average molecular weight is 357 g/mol. The molecule has 0 saturated carbocycles. The predicted octanol–water partition coefficient (Wildman–Crippen LogP) is 1.86. The number of urea groups is 1. The van der Waals surface area contributed by atoms with Crippen molar-refractivity contribution < 1.29 is 30.8 Å². The lowest BCUT2D eigenvalue weighted by atomic mass is 10.2. The fraction of sp³-hybridized carbons (Fsp3) is 0.417. The second kappa shape index (κ2) is 7.13. The summed E-state index contributed by atoms with van der Waals surface area (Å²) in [4.78, 5) is 11.5. The third-order valence-electron chi connectivity index (χ3n) is 2.73. The Morgan fingerprint density at radius 1 is 1.26 bits per heavy atom. The maximum absolute atomic E-state index is 13.3. The Morgan fingerprint density at radius 3 is 2.35 bits per heavy atom. The van der Waals surface area contributed by atoms with Crippen molar-refractivity contribution in [1.29, 1.82) is 0 Å². The van der Waals surface area contributed by atoms with Gasteiger partial charge in [0.1, 0.15) is 5.82 Å². The molecule has 23 heavy (non-hydrogen) atoms. The Morgan fingerprint density at radius 2 is 1.87 bits per heavy atom. The van der Waals surface area contributed by atoms with Crippen LogP contribution in [0.15, 0.2) is 18.2 Å². The highest BCUT2D eigenvalue weighted by Gasteiger charge is 2.33. The van der Waals surface area contributed by atoms with Crippen LogP contribution in [0, 0.1) is 5.82 Å². The largest absolute Gasteiger partial charge is 0.419 e. The third-order valence-corrected chi connectivity index (χ3v) is 4.57. The van der Waals surface area contributed by atoms with Crippen LogP contribution in [0.5, 0.6) is 0 Å². The van der Waals surface area contributed by atoms with Gasteiger partial charge in [0.15, 0.2) is 0 Å². The highest BCUT2D eigenvalue weighted by molar-refractivity contribution is 7.89. The molecular weight excluding hydrogens is 342 g/mol. The molecule has 0 aliphatic heterocycles. The Balaban J connectivity index is 2.61. The summed E-state index contributed by atoms with van der Waals surface area (Å²) >= 11 is 0. The van der Waals surface area contributed by atoms with Gasteiger partial charge in [0, 0.05) is 26.3 Å². The van der Waals surface area contributed by atoms with Gasteiger partial charge in [0.2, 0.25) is 10.0 Å². The molecule has 1 aromatic carbocycles. The molecule has 0 aliphatic rings. The molecule has 1 rings (SSSR count). The molecule has 0 unspecified atom stereocenters. The normalized spacial score (nSPS) is 12.3. The van der Waals surface area contributed by atoms with Crippen molar-refractivity contribution in [3.63, 3.8) is 0 Å². The van der Waals surface area contributed by atoms with Gasteiger partial charge >= 0.3 is 12.2 Å². The van der Waals surface area contributed by atoms with Crippen molar-refractivity contribution in [3.8, 4) is 0 Å². The van der Waals surface area contributed by atoms with Crippen LogP contribution < -0.4 is 10.6 Å². The minimum atomic E-state index is -4.83. The molecule has 0 aliphatic carbocycles. The zero-order valence-corrected chi connectivity index (χ0v) is 13.1. The van der Waals surface area contributed by atoms with Gasteiger partial charge in [0.25, 0.3) is 0 Å². The van der Waals surface area contributed by atoms with E-state index >= 15 is 0 Å². The van der Waals surface area contributed by atoms with Crippen molar-refractivity contribution in [2.24, 2.45) is 0 Å². The van der Waals surface area contributed by atoms with E-state index in [1.54, 1.807) is 0 Å². The maximum Gasteiger partial charge on any atom is 0.419 e. The van der Waals surface area contributed by atoms with E-state index in [9.17, 15) is 30.8 Å². The number of hydrogen-bond acceptors (Lipinski definition) is 3. The first-order valence-corrected chi connectivity index (χ1v) is 7.86. The molecular formula is C12H15F4N3O3S. The minimum absolute atomic E-state index is 0.191. The molecule has 0 spiro atoms. The number of nitrogens with zero attached hydrogens (tertiary/aromatic N) is 1. The fourth-order valence-corrected chi connectivity index (χ4v) is 2.20. The minimum Gasteiger partial charge on any atom is -0.337 e. The fourth-order valence-electron chi connectivity index (χ4n) is 1.47. The summed E-state index contributed by atoms with van der Waals surface area (Å²) in [7, 11) is -0.822. The first-order chi connectivity index (χ1) is 10.4. The van der Waals surface area contributed by atoms with Gasteiger partial charge in [-0.2, -0.15) is 13.2 Å². The first-order valence-electron chi connectivity index (χ1n) is 6.25. The lowest BCUT2D eigenvalue weighted by molar-refractivity contribution is -0.139. The molecule has 0 bridgehead atoms. The molecule has 0 saturated heterocycles. The van der Waals surface area contributed by atoms with Crippen molar-refractivity contribution in [1.82, 2.24) is 9.62 Å². The summed E-state index contributed by atoms with van der Waals surface area (Å²) in [5.74, 6) is -1.88. The standard InChI is InChI=1S/C12H15F4N3O3S/c1-19(2)23(21,22)6-5-17-11(20)18-8-3-4-9(10(13)7-8)12(14,15)16/h3-4,7H,5-6H2,1-2H3,(H2,17,18,20). The summed E-state index contributed by atoms with van der Waals surface area (Å²) in [5.41, 5.74) is -1.64. The first kappa shape index (κ1) is 19.2. The number of sulfonamides is 1. The number of nitrogens with one attached hydrogen (secondary N) is 2. The number of alkyl halides is 3. The van der Waals surface area contributed by atoms with Gasteiger partial charge in [-0.05, 0) is 18.2 Å². The number of rotatable bonds is 5. The van der Waals surface area contributed by atoms with E-state index in [-0.39, 0.29) is 18.0 Å². The van der Waals surface area contributed by atoms with Crippen LogP contribution >= 0.6 is 0 Å². The van der Waals surface area contributed by atoms with Gasteiger partial charge in [0.05, 0.1) is 11.3 Å². The van der Waals surface area contributed by atoms with Gasteiger partial charge in [-0.15, -0.1) is 0 Å². The van der Waals surface area contributed by atoms with Crippen LogP contribution in [0.2, 0.25) is 0 Å². The van der Waals surface area contributed by atoms with E-state index in [1.165, 1.54) is 14.1 Å². The van der Waals surface area contributed by atoms with Crippen molar-refractivity contribution in [2.45, 2.75) is 6.18 Å². The Bertz CT molecular complexity index is 675. The van der Waals surface area contributed by atoms with E-state index in [0.717, 1.165) is 10.4 Å². The summed E-state index contributed by atoms with van der Waals surface area (Å²) in [6.07, 6.45) is -4.83. The molecule has 0 fully saturated rings. The summed E-state index contributed by atoms with van der Waals surface area (Å²) in [5, 5.41) is 4.32. The molecule has 0 radical (unpaired) electrons. The van der Waals surface area contributed by atoms with Crippen LogP contribution in [0.25, 0.3) is 0 Å². The lowest BCUT2D eigenvalue weighted by Crippen LogP contribution is -2.36. The SMILES string of the molecule is CN(C)S(=O)(=O)CCNC(=O)Nc1ccc(C(F)(F)F)c(F)c1. The van der Waals surface area contributed by atoms with Crippen molar-refractivity contribution >= 4 is 21.7 Å². The van der Waals surface area contributed by atoms with Crippen LogP contribution in [-0.2, 0) is 16.2 Å². The highest BCUT2D eigenvalue weighted by Crippen LogP contribution is 2.32. The van der Waals surface area contributed by atoms with Crippen LogP contribution in [0.3, 0.4) is 0 Å². The zero-order chi connectivity index (χ0) is 17.8. The summed E-state index contributed by atoms with van der Waals surface area (Å²) < 4.78 is 74.3. The summed E-state index contributed by atoms with van der Waals surface area (Å²) in [6, 6.07) is 1.06. The molecule has 6 nitrogen and oxygen atoms in total. The second-order valence-corrected chi connectivity index (χ2v) is 6.97. The smallest absolute Gasteiger partial charge is 0.337 e. The van der Waals surface area contributed by atoms with E-state index in [2.05, 4.69) is 10.6 Å². The topological polar surface area (TPSA) is 78.5 Å². The number of carbonyl (C=O) groups is 1. The number of benzene rings is 1.